The largest absolute Gasteiger partial charge is 0.355 e. The van der Waals surface area contributed by atoms with E-state index < -0.39 is 6.04 Å². The monoisotopic (exact) mass is 460 g/mol. The Morgan fingerprint density at radius 1 is 0.929 bits per heavy atom. The van der Waals surface area contributed by atoms with Gasteiger partial charge in [-0.2, -0.15) is 0 Å². The number of halogens is 4. The zero-order valence-electron chi connectivity index (χ0n) is 15.4. The highest BCUT2D eigenvalue weighted by Gasteiger charge is 2.26. The Morgan fingerprint density at radius 3 is 2.00 bits per heavy atom. The molecule has 1 N–H and O–H groups in total. The van der Waals surface area contributed by atoms with Gasteiger partial charge in [0.25, 0.3) is 0 Å². The molecule has 2 amide bonds. The highest BCUT2D eigenvalue weighted by molar-refractivity contribution is 6.42. The van der Waals surface area contributed by atoms with E-state index in [1.54, 1.807) is 43.3 Å². The Morgan fingerprint density at radius 2 is 1.46 bits per heavy atom. The van der Waals surface area contributed by atoms with Gasteiger partial charge in [-0.3, -0.25) is 9.59 Å². The molecule has 8 heteroatoms. The van der Waals surface area contributed by atoms with Gasteiger partial charge in [0.2, 0.25) is 11.8 Å². The lowest BCUT2D eigenvalue weighted by molar-refractivity contribution is -0.140. The van der Waals surface area contributed by atoms with E-state index in [9.17, 15) is 9.59 Å². The quantitative estimate of drug-likeness (QED) is 0.600. The van der Waals surface area contributed by atoms with E-state index >= 15 is 0 Å². The maximum Gasteiger partial charge on any atom is 0.242 e. The molecule has 2 rings (SSSR count). The summed E-state index contributed by atoms with van der Waals surface area (Å²) in [4.78, 5) is 26.9. The van der Waals surface area contributed by atoms with Crippen molar-refractivity contribution in [3.63, 3.8) is 0 Å². The van der Waals surface area contributed by atoms with Crippen LogP contribution in [0.2, 0.25) is 20.1 Å². The number of amides is 2. The van der Waals surface area contributed by atoms with Crippen LogP contribution in [0.3, 0.4) is 0 Å². The van der Waals surface area contributed by atoms with Crippen LogP contribution in [-0.2, 0) is 22.6 Å². The average Bonchev–Trinajstić information content (AvgIpc) is 2.65. The smallest absolute Gasteiger partial charge is 0.242 e. The van der Waals surface area contributed by atoms with E-state index in [1.165, 1.54) is 4.90 Å². The molecule has 0 aromatic heterocycles. The summed E-state index contributed by atoms with van der Waals surface area (Å²) in [6, 6.07) is 9.49. The molecule has 0 spiro atoms. The molecule has 1 atom stereocenters. The molecule has 0 heterocycles. The number of rotatable bonds is 7. The summed E-state index contributed by atoms with van der Waals surface area (Å²) in [6.45, 7) is 4.21. The Labute approximate surface area is 184 Å². The molecule has 2 aromatic carbocycles. The third kappa shape index (κ3) is 6.02. The molecule has 0 aliphatic rings. The number of likely N-dealkylation sites (N-methyl/N-ethyl adjacent to an activating group) is 1. The fourth-order valence-corrected chi connectivity index (χ4v) is 3.31. The topological polar surface area (TPSA) is 49.4 Å². The molecule has 0 saturated heterocycles. The molecule has 0 aliphatic carbocycles. The summed E-state index contributed by atoms with van der Waals surface area (Å²) in [5.41, 5.74) is 1.48. The van der Waals surface area contributed by atoms with Gasteiger partial charge in [0, 0.05) is 13.1 Å². The van der Waals surface area contributed by atoms with Gasteiger partial charge in [0.15, 0.2) is 0 Å². The lowest BCUT2D eigenvalue weighted by Gasteiger charge is -2.29. The number of carbonyl (C=O) groups is 2. The number of nitrogens with zero attached hydrogens (tertiary/aromatic N) is 1. The summed E-state index contributed by atoms with van der Waals surface area (Å²) < 4.78 is 0. The SMILES string of the molecule is CCNC(=O)C(C)N(Cc1ccc(Cl)c(Cl)c1)C(=O)Cc1ccc(Cl)c(Cl)c1. The molecule has 1 unspecified atom stereocenters. The minimum Gasteiger partial charge on any atom is -0.355 e. The van der Waals surface area contributed by atoms with Crippen molar-refractivity contribution in [1.82, 2.24) is 10.2 Å². The minimum atomic E-state index is -0.662. The highest BCUT2D eigenvalue weighted by Crippen LogP contribution is 2.25. The maximum atomic E-state index is 13.0. The summed E-state index contributed by atoms with van der Waals surface area (Å²) in [7, 11) is 0. The van der Waals surface area contributed by atoms with Gasteiger partial charge in [-0.1, -0.05) is 58.5 Å². The van der Waals surface area contributed by atoms with E-state index in [1.807, 2.05) is 6.92 Å². The molecule has 2 aromatic rings. The first-order valence-corrected chi connectivity index (χ1v) is 10.2. The van der Waals surface area contributed by atoms with E-state index in [4.69, 9.17) is 46.4 Å². The van der Waals surface area contributed by atoms with Crippen LogP contribution in [0.25, 0.3) is 0 Å². The van der Waals surface area contributed by atoms with Crippen LogP contribution in [0, 0.1) is 0 Å². The Bertz CT molecular complexity index is 873. The summed E-state index contributed by atoms with van der Waals surface area (Å²) in [5.74, 6) is -0.451. The first-order valence-electron chi connectivity index (χ1n) is 8.68. The molecule has 28 heavy (non-hydrogen) atoms. The maximum absolute atomic E-state index is 13.0. The zero-order valence-corrected chi connectivity index (χ0v) is 18.5. The highest BCUT2D eigenvalue weighted by atomic mass is 35.5. The molecule has 150 valence electrons. The number of hydrogen-bond acceptors (Lipinski definition) is 2. The van der Waals surface area contributed by atoms with Gasteiger partial charge in [-0.05, 0) is 49.2 Å². The Balaban J connectivity index is 2.27. The van der Waals surface area contributed by atoms with Crippen LogP contribution in [0.5, 0.6) is 0 Å². The molecular weight excluding hydrogens is 442 g/mol. The summed E-state index contributed by atoms with van der Waals surface area (Å²) in [5, 5.41) is 4.36. The first-order chi connectivity index (χ1) is 13.2. The number of benzene rings is 2. The predicted octanol–water partition coefficient (Wildman–Crippen LogP) is 5.40. The second-order valence-corrected chi connectivity index (χ2v) is 7.89. The predicted molar refractivity (Wildman–Crippen MR) is 115 cm³/mol. The fourth-order valence-electron chi connectivity index (χ4n) is 2.67. The number of hydrogen-bond donors (Lipinski definition) is 1. The number of nitrogens with one attached hydrogen (secondary N) is 1. The van der Waals surface area contributed by atoms with Crippen molar-refractivity contribution in [3.05, 3.63) is 67.6 Å². The molecule has 0 bridgehead atoms. The summed E-state index contributed by atoms with van der Waals surface area (Å²) in [6.07, 6.45) is 0.0853. The number of carbonyl (C=O) groups excluding carboxylic acids is 2. The first kappa shape index (κ1) is 22.8. The van der Waals surface area contributed by atoms with E-state index in [-0.39, 0.29) is 24.8 Å². The Hall–Kier alpha value is -1.46. The van der Waals surface area contributed by atoms with E-state index in [0.29, 0.717) is 32.2 Å². The lowest BCUT2D eigenvalue weighted by atomic mass is 10.1. The Kier molecular flexibility index (Phi) is 8.44. The average molecular weight is 462 g/mol. The van der Waals surface area contributed by atoms with E-state index in [0.717, 1.165) is 5.56 Å². The molecule has 0 radical (unpaired) electrons. The van der Waals surface area contributed by atoms with Gasteiger partial charge < -0.3 is 10.2 Å². The van der Waals surface area contributed by atoms with Crippen molar-refractivity contribution in [2.45, 2.75) is 32.9 Å². The van der Waals surface area contributed by atoms with Crippen LogP contribution in [0.15, 0.2) is 36.4 Å². The van der Waals surface area contributed by atoms with Gasteiger partial charge in [0.05, 0.1) is 26.5 Å². The normalized spacial score (nSPS) is 11.8. The molecule has 0 saturated carbocycles. The second kappa shape index (κ2) is 10.4. The summed E-state index contributed by atoms with van der Waals surface area (Å²) >= 11 is 24.0. The third-order valence-corrected chi connectivity index (χ3v) is 5.67. The van der Waals surface area contributed by atoms with Crippen molar-refractivity contribution >= 4 is 58.2 Å². The van der Waals surface area contributed by atoms with Crippen LogP contribution >= 0.6 is 46.4 Å². The van der Waals surface area contributed by atoms with Crippen molar-refractivity contribution in [2.24, 2.45) is 0 Å². The van der Waals surface area contributed by atoms with Crippen LogP contribution in [0.1, 0.15) is 25.0 Å². The fraction of sp³-hybridized carbons (Fsp3) is 0.300. The molecule has 4 nitrogen and oxygen atoms in total. The molecular formula is C20H20Cl4N2O2. The van der Waals surface area contributed by atoms with Crippen molar-refractivity contribution < 1.29 is 9.59 Å². The van der Waals surface area contributed by atoms with Crippen LogP contribution in [0.4, 0.5) is 0 Å². The molecule has 0 fully saturated rings. The van der Waals surface area contributed by atoms with Gasteiger partial charge in [-0.15, -0.1) is 0 Å². The van der Waals surface area contributed by atoms with Crippen molar-refractivity contribution in [2.75, 3.05) is 6.54 Å². The van der Waals surface area contributed by atoms with Gasteiger partial charge in [0.1, 0.15) is 6.04 Å². The van der Waals surface area contributed by atoms with Crippen LogP contribution in [-0.4, -0.2) is 29.3 Å². The standard InChI is InChI=1S/C20H20Cl4N2O2/c1-3-25-20(28)12(2)26(11-14-5-7-16(22)18(24)9-14)19(27)10-13-4-6-15(21)17(23)8-13/h4-9,12H,3,10-11H2,1-2H3,(H,25,28). The van der Waals surface area contributed by atoms with E-state index in [2.05, 4.69) is 5.32 Å². The van der Waals surface area contributed by atoms with Crippen molar-refractivity contribution in [1.29, 1.82) is 0 Å². The molecule has 0 aliphatic heterocycles. The minimum absolute atomic E-state index is 0.0853. The second-order valence-electron chi connectivity index (χ2n) is 6.27. The lowest BCUT2D eigenvalue weighted by Crippen LogP contribution is -2.48. The third-order valence-electron chi connectivity index (χ3n) is 4.19. The zero-order chi connectivity index (χ0) is 20.8. The van der Waals surface area contributed by atoms with Gasteiger partial charge in [-0.25, -0.2) is 0 Å². The van der Waals surface area contributed by atoms with Crippen LogP contribution < -0.4 is 5.32 Å². The van der Waals surface area contributed by atoms with Gasteiger partial charge >= 0.3 is 0 Å². The van der Waals surface area contributed by atoms with Crippen molar-refractivity contribution in [3.8, 4) is 0 Å².